The van der Waals surface area contributed by atoms with E-state index in [1.54, 1.807) is 0 Å². The van der Waals surface area contributed by atoms with Gasteiger partial charge in [-0.1, -0.05) is 285 Å². The Morgan fingerprint density at radius 1 is 0.359 bits per heavy atom. The lowest BCUT2D eigenvalue weighted by molar-refractivity contribution is 0.626. The Morgan fingerprint density at radius 3 is 1.08 bits per heavy atom. The van der Waals surface area contributed by atoms with E-state index >= 15 is 0 Å². The van der Waals surface area contributed by atoms with Gasteiger partial charge in [0, 0.05) is 0 Å². The van der Waals surface area contributed by atoms with Crippen LogP contribution < -0.4 is 0 Å². The van der Waals surface area contributed by atoms with Crippen LogP contribution in [0.4, 0.5) is 0 Å². The van der Waals surface area contributed by atoms with Crippen molar-refractivity contribution in [3.63, 3.8) is 0 Å². The van der Waals surface area contributed by atoms with E-state index in [1.807, 2.05) is 13.8 Å². The third kappa shape index (κ3) is 38.3. The van der Waals surface area contributed by atoms with Crippen LogP contribution in [-0.4, -0.2) is 0 Å². The standard InChI is InChI=1S/2C11H10.C10H14.C9H12.2C5H12.2C4H10.C3H8.C2H6/c1-9-5-4-7-10-6-2-3-8-11(9)10;1-9-6-7-10-4-2-3-5-11(10)8-9;1-7-5-8(2)10(4)9(3)6-7;1-7-4-8(2)6-9(3)5-7;1-4-5(2)3;1-3-5-4-2;1-4(2)3;1-3-4-2;1-3-2;1-2/h2*2-8H,1H3;5-6H,1-4H3;4-6H,1-3H3;5H,4H2,1-3H3;3-5H2,1-2H3;4H,1-3H3;3-4H2,1-2H3;3H2,1-2H3;1-2H3. The van der Waals surface area contributed by atoms with Crippen molar-refractivity contribution in [3.05, 3.63) is 165 Å². The lowest BCUT2D eigenvalue weighted by Crippen LogP contribution is -1.86. The highest BCUT2D eigenvalue weighted by Gasteiger charge is 1.96. The maximum absolute atomic E-state index is 2.22. The van der Waals surface area contributed by atoms with Crippen molar-refractivity contribution in [2.24, 2.45) is 11.8 Å². The summed E-state index contributed by atoms with van der Waals surface area (Å²) in [6, 6.07) is 40.8. The summed E-state index contributed by atoms with van der Waals surface area (Å²) in [4.78, 5) is 0. The van der Waals surface area contributed by atoms with Crippen LogP contribution in [0.15, 0.2) is 115 Å². The number of benzene rings is 6. The molecule has 64 heavy (non-hydrogen) atoms. The summed E-state index contributed by atoms with van der Waals surface area (Å²) in [5.41, 5.74) is 12.3. The monoisotopic (exact) mass is 873 g/mol. The van der Waals surface area contributed by atoms with Gasteiger partial charge >= 0.3 is 0 Å². The van der Waals surface area contributed by atoms with E-state index in [9.17, 15) is 0 Å². The Morgan fingerprint density at radius 2 is 0.719 bits per heavy atom. The summed E-state index contributed by atoms with van der Waals surface area (Å²) in [6.45, 7) is 49.4. The molecule has 0 bridgehead atoms. The highest BCUT2D eigenvalue weighted by atomic mass is 14.0. The average molecular weight is 874 g/mol. The third-order valence-corrected chi connectivity index (χ3v) is 9.37. The molecule has 6 aromatic carbocycles. The Bertz CT molecular complexity index is 1840. The van der Waals surface area contributed by atoms with E-state index in [1.165, 1.54) is 117 Å². The topological polar surface area (TPSA) is 0 Å². The maximum Gasteiger partial charge on any atom is -0.0155 e. The molecule has 0 saturated heterocycles. The largest absolute Gasteiger partial charge is 0.0683 e. The second kappa shape index (κ2) is 44.1. The molecule has 0 fully saturated rings. The Balaban J connectivity index is -0.000000326. The molecule has 0 aromatic heterocycles. The molecule has 0 N–H and O–H groups in total. The Hall–Kier alpha value is -4.16. The minimum Gasteiger partial charge on any atom is -0.0683 e. The van der Waals surface area contributed by atoms with Crippen LogP contribution in [0, 0.1) is 74.1 Å². The van der Waals surface area contributed by atoms with Gasteiger partial charge in [0.25, 0.3) is 0 Å². The predicted molar refractivity (Wildman–Crippen MR) is 302 cm³/mol. The molecule has 0 unspecified atom stereocenters. The second-order valence-electron chi connectivity index (χ2n) is 17.9. The molecule has 0 radical (unpaired) electrons. The smallest absolute Gasteiger partial charge is 0.0155 e. The summed E-state index contributed by atoms with van der Waals surface area (Å²) in [5.74, 6) is 1.72. The third-order valence-electron chi connectivity index (χ3n) is 9.37. The van der Waals surface area contributed by atoms with Gasteiger partial charge in [0.2, 0.25) is 0 Å². The van der Waals surface area contributed by atoms with E-state index in [0.717, 1.165) is 11.8 Å². The van der Waals surface area contributed by atoms with Crippen molar-refractivity contribution in [1.82, 2.24) is 0 Å². The lowest BCUT2D eigenvalue weighted by Gasteiger charge is -2.04. The van der Waals surface area contributed by atoms with Gasteiger partial charge in [-0.15, -0.1) is 0 Å². The van der Waals surface area contributed by atoms with Crippen molar-refractivity contribution >= 4 is 21.5 Å². The molecule has 0 amide bonds. The first-order valence-electron chi connectivity index (χ1n) is 25.3. The first-order valence-corrected chi connectivity index (χ1v) is 25.3. The molecule has 0 nitrogen and oxygen atoms in total. The minimum atomic E-state index is 0.833. The van der Waals surface area contributed by atoms with Crippen LogP contribution >= 0.6 is 0 Å². The van der Waals surface area contributed by atoms with Gasteiger partial charge in [-0.2, -0.15) is 0 Å². The van der Waals surface area contributed by atoms with Crippen LogP contribution in [0.25, 0.3) is 21.5 Å². The van der Waals surface area contributed by atoms with Gasteiger partial charge < -0.3 is 0 Å². The molecule has 0 atom stereocenters. The fourth-order valence-corrected chi connectivity index (χ4v) is 5.50. The van der Waals surface area contributed by atoms with Crippen LogP contribution in [0.2, 0.25) is 0 Å². The molecular formula is C64H104. The van der Waals surface area contributed by atoms with Crippen molar-refractivity contribution < 1.29 is 0 Å². The van der Waals surface area contributed by atoms with E-state index in [0.29, 0.717) is 0 Å². The zero-order valence-electron chi connectivity index (χ0n) is 46.6. The van der Waals surface area contributed by atoms with Gasteiger partial charge in [-0.25, -0.2) is 0 Å². The number of hydrogen-bond donors (Lipinski definition) is 0. The summed E-state index contributed by atoms with van der Waals surface area (Å²) in [7, 11) is 0. The minimum absolute atomic E-state index is 0.833. The van der Waals surface area contributed by atoms with Crippen LogP contribution in [0.3, 0.4) is 0 Å². The highest BCUT2D eigenvalue weighted by Crippen LogP contribution is 2.17. The normalized spacial score (nSPS) is 9.27. The molecule has 6 rings (SSSR count). The molecule has 0 spiro atoms. The molecule has 0 aliphatic carbocycles. The number of hydrogen-bond acceptors (Lipinski definition) is 0. The summed E-state index contributed by atoms with van der Waals surface area (Å²) in [6.07, 6.45) is 9.27. The average Bonchev–Trinajstić information content (AvgIpc) is 3.25. The predicted octanol–water partition coefficient (Wildman–Crippen LogP) is 22.0. The van der Waals surface area contributed by atoms with Crippen LogP contribution in [0.5, 0.6) is 0 Å². The maximum atomic E-state index is 2.22. The molecule has 0 aliphatic heterocycles. The summed E-state index contributed by atoms with van der Waals surface area (Å²) in [5, 5.41) is 5.33. The van der Waals surface area contributed by atoms with Crippen molar-refractivity contribution in [2.75, 3.05) is 0 Å². The fourth-order valence-electron chi connectivity index (χ4n) is 5.50. The SMILES string of the molecule is CC.CC(C)C.CCC.CCC(C)C.CCCC.CCCCC.Cc1cc(C)c(C)c(C)c1.Cc1cc(C)cc(C)c1.Cc1ccc2ccccc2c1.Cc1cccc2ccccc12. The van der Waals surface area contributed by atoms with Crippen molar-refractivity contribution in [3.8, 4) is 0 Å². The number of unbranched alkanes of at least 4 members (excludes halogenated alkanes) is 3. The van der Waals surface area contributed by atoms with Crippen LogP contribution in [0.1, 0.15) is 192 Å². The second-order valence-corrected chi connectivity index (χ2v) is 17.9. The molecule has 0 saturated carbocycles. The number of aryl methyl sites for hydroxylation is 8. The quantitative estimate of drug-likeness (QED) is 0.166. The van der Waals surface area contributed by atoms with Crippen LogP contribution in [-0.2, 0) is 0 Å². The van der Waals surface area contributed by atoms with Gasteiger partial charge in [-0.3, -0.25) is 0 Å². The molecule has 6 aromatic rings. The van der Waals surface area contributed by atoms with E-state index in [4.69, 9.17) is 0 Å². The van der Waals surface area contributed by atoms with Gasteiger partial charge in [0.1, 0.15) is 0 Å². The molecular weight excluding hydrogens is 769 g/mol. The first kappa shape index (κ1) is 66.4. The fraction of sp³-hybridized carbons (Fsp3) is 0.500. The van der Waals surface area contributed by atoms with Crippen molar-refractivity contribution in [2.45, 2.75) is 204 Å². The van der Waals surface area contributed by atoms with Crippen molar-refractivity contribution in [1.29, 1.82) is 0 Å². The number of rotatable bonds is 4. The van der Waals surface area contributed by atoms with Gasteiger partial charge in [-0.05, 0) is 118 Å². The molecule has 0 heterocycles. The lowest BCUT2D eigenvalue weighted by atomic mass is 10.0. The zero-order chi connectivity index (χ0) is 50.0. The van der Waals surface area contributed by atoms with E-state index in [-0.39, 0.29) is 0 Å². The Labute approximate surface area is 401 Å². The first-order chi connectivity index (χ1) is 30.3. The number of fused-ring (bicyclic) bond motifs is 2. The van der Waals surface area contributed by atoms with Gasteiger partial charge in [0.05, 0.1) is 0 Å². The van der Waals surface area contributed by atoms with E-state index in [2.05, 4.69) is 261 Å². The summed E-state index contributed by atoms with van der Waals surface area (Å²) < 4.78 is 0. The summed E-state index contributed by atoms with van der Waals surface area (Å²) >= 11 is 0. The molecule has 0 heteroatoms. The molecule has 360 valence electrons. The van der Waals surface area contributed by atoms with Gasteiger partial charge in [0.15, 0.2) is 0 Å². The molecule has 0 aliphatic rings. The Kier molecular flexibility index (Phi) is 45.7. The highest BCUT2D eigenvalue weighted by molar-refractivity contribution is 5.85. The van der Waals surface area contributed by atoms with E-state index < -0.39 is 0 Å². The zero-order valence-corrected chi connectivity index (χ0v) is 46.6.